The summed E-state index contributed by atoms with van der Waals surface area (Å²) in [5.74, 6) is 0. The summed E-state index contributed by atoms with van der Waals surface area (Å²) in [5.41, 5.74) is 5.60. The Morgan fingerprint density at radius 1 is 1.11 bits per heavy atom. The molecule has 0 aliphatic heterocycles. The van der Waals surface area contributed by atoms with E-state index in [4.69, 9.17) is 0 Å². The van der Waals surface area contributed by atoms with Crippen molar-refractivity contribution >= 4 is 21.6 Å². The van der Waals surface area contributed by atoms with E-state index in [0.717, 1.165) is 21.5 Å². The van der Waals surface area contributed by atoms with Crippen LogP contribution in [-0.2, 0) is 0 Å². The van der Waals surface area contributed by atoms with Crippen molar-refractivity contribution in [2.45, 2.75) is 13.8 Å². The molecule has 18 heavy (non-hydrogen) atoms. The molecule has 3 rings (SSSR count). The molecule has 0 amide bonds. The summed E-state index contributed by atoms with van der Waals surface area (Å²) in [6.07, 6.45) is 2.09. The first-order valence-electron chi connectivity index (χ1n) is 5.87. The fourth-order valence-electron chi connectivity index (χ4n) is 2.22. The van der Waals surface area contributed by atoms with E-state index in [0.29, 0.717) is 0 Å². The van der Waals surface area contributed by atoms with Crippen molar-refractivity contribution < 1.29 is 0 Å². The Morgan fingerprint density at radius 2 is 1.83 bits per heavy atom. The third-order valence-corrected chi connectivity index (χ3v) is 3.95. The number of nitrogens with zero attached hydrogens (tertiary/aromatic N) is 2. The monoisotopic (exact) mass is 300 g/mol. The molecular formula is C15H13BrN2. The van der Waals surface area contributed by atoms with Crippen LogP contribution in [0.5, 0.6) is 0 Å². The van der Waals surface area contributed by atoms with Gasteiger partial charge in [0, 0.05) is 16.2 Å². The Kier molecular flexibility index (Phi) is 2.71. The lowest BCUT2D eigenvalue weighted by atomic mass is 10.1. The van der Waals surface area contributed by atoms with Crippen LogP contribution in [0, 0.1) is 13.8 Å². The molecule has 0 saturated carbocycles. The highest BCUT2D eigenvalue weighted by molar-refractivity contribution is 9.10. The van der Waals surface area contributed by atoms with E-state index in [2.05, 4.69) is 75.7 Å². The Bertz CT molecular complexity index is 714. The highest BCUT2D eigenvalue weighted by atomic mass is 79.9. The van der Waals surface area contributed by atoms with Crippen molar-refractivity contribution in [1.29, 1.82) is 0 Å². The van der Waals surface area contributed by atoms with Crippen molar-refractivity contribution in [2.75, 3.05) is 0 Å². The minimum atomic E-state index is 0.993. The van der Waals surface area contributed by atoms with E-state index in [1.807, 2.05) is 6.07 Å². The number of rotatable bonds is 1. The summed E-state index contributed by atoms with van der Waals surface area (Å²) in [7, 11) is 0. The SMILES string of the molecule is Cc1cc2nc(C)c(-c3ccccc3)n2cc1Br. The molecule has 90 valence electrons. The van der Waals surface area contributed by atoms with Crippen molar-refractivity contribution in [1.82, 2.24) is 9.38 Å². The molecule has 0 fully saturated rings. The maximum absolute atomic E-state index is 4.63. The second-order valence-electron chi connectivity index (χ2n) is 4.44. The molecule has 2 aromatic heterocycles. The molecule has 0 N–H and O–H groups in total. The smallest absolute Gasteiger partial charge is 0.137 e. The van der Waals surface area contributed by atoms with E-state index in [9.17, 15) is 0 Å². The fourth-order valence-corrected chi connectivity index (χ4v) is 2.54. The van der Waals surface area contributed by atoms with Gasteiger partial charge in [-0.25, -0.2) is 4.98 Å². The molecule has 0 aliphatic rings. The number of benzene rings is 1. The maximum atomic E-state index is 4.63. The molecule has 0 radical (unpaired) electrons. The highest BCUT2D eigenvalue weighted by Crippen LogP contribution is 2.27. The van der Waals surface area contributed by atoms with Gasteiger partial charge in [-0.1, -0.05) is 30.3 Å². The van der Waals surface area contributed by atoms with E-state index in [1.165, 1.54) is 11.1 Å². The van der Waals surface area contributed by atoms with Gasteiger partial charge in [-0.15, -0.1) is 0 Å². The van der Waals surface area contributed by atoms with Crippen molar-refractivity contribution in [3.05, 3.63) is 58.3 Å². The van der Waals surface area contributed by atoms with Crippen LogP contribution < -0.4 is 0 Å². The number of fused-ring (bicyclic) bond motifs is 1. The van der Waals surface area contributed by atoms with E-state index < -0.39 is 0 Å². The minimum Gasteiger partial charge on any atom is -0.298 e. The summed E-state index contributed by atoms with van der Waals surface area (Å²) in [6, 6.07) is 12.5. The molecule has 0 unspecified atom stereocenters. The molecule has 2 nitrogen and oxygen atoms in total. The van der Waals surface area contributed by atoms with Crippen molar-refractivity contribution in [2.24, 2.45) is 0 Å². The number of hydrogen-bond donors (Lipinski definition) is 0. The normalized spacial score (nSPS) is 11.1. The number of hydrogen-bond acceptors (Lipinski definition) is 1. The van der Waals surface area contributed by atoms with E-state index in [1.54, 1.807) is 0 Å². The Balaban J connectivity index is 2.36. The van der Waals surface area contributed by atoms with Gasteiger partial charge in [0.25, 0.3) is 0 Å². The molecule has 0 spiro atoms. The number of aryl methyl sites for hydroxylation is 2. The van der Waals surface area contributed by atoms with Crippen LogP contribution in [0.25, 0.3) is 16.9 Å². The molecular weight excluding hydrogens is 288 g/mol. The van der Waals surface area contributed by atoms with Gasteiger partial charge in [-0.2, -0.15) is 0 Å². The Labute approximate surface area is 114 Å². The average Bonchev–Trinajstić information content (AvgIpc) is 2.66. The third kappa shape index (κ3) is 1.75. The zero-order valence-corrected chi connectivity index (χ0v) is 11.9. The molecule has 0 atom stereocenters. The van der Waals surface area contributed by atoms with Crippen LogP contribution in [-0.4, -0.2) is 9.38 Å². The lowest BCUT2D eigenvalue weighted by Crippen LogP contribution is -1.90. The molecule has 3 aromatic rings. The van der Waals surface area contributed by atoms with Crippen molar-refractivity contribution in [3.8, 4) is 11.3 Å². The fraction of sp³-hybridized carbons (Fsp3) is 0.133. The summed E-state index contributed by atoms with van der Waals surface area (Å²) >= 11 is 3.58. The van der Waals surface area contributed by atoms with Crippen LogP contribution in [0.3, 0.4) is 0 Å². The topological polar surface area (TPSA) is 17.3 Å². The molecule has 2 heterocycles. The maximum Gasteiger partial charge on any atom is 0.137 e. The zero-order valence-electron chi connectivity index (χ0n) is 10.3. The summed E-state index contributed by atoms with van der Waals surface area (Å²) in [5, 5.41) is 0. The van der Waals surface area contributed by atoms with Gasteiger partial charge < -0.3 is 0 Å². The van der Waals surface area contributed by atoms with Crippen LogP contribution in [0.4, 0.5) is 0 Å². The first-order valence-corrected chi connectivity index (χ1v) is 6.66. The number of pyridine rings is 1. The average molecular weight is 301 g/mol. The number of aromatic nitrogens is 2. The van der Waals surface area contributed by atoms with Crippen LogP contribution in [0.1, 0.15) is 11.3 Å². The summed E-state index contributed by atoms with van der Waals surface area (Å²) in [4.78, 5) is 4.63. The summed E-state index contributed by atoms with van der Waals surface area (Å²) in [6.45, 7) is 4.13. The number of imidazole rings is 1. The first-order chi connectivity index (χ1) is 8.66. The molecule has 3 heteroatoms. The van der Waals surface area contributed by atoms with Gasteiger partial charge in [0.15, 0.2) is 0 Å². The standard InChI is InChI=1S/C15H13BrN2/c1-10-8-14-17-11(2)15(18(14)9-13(10)16)12-6-4-3-5-7-12/h3-9H,1-2H3. The third-order valence-electron chi connectivity index (χ3n) is 3.12. The summed E-state index contributed by atoms with van der Waals surface area (Å²) < 4.78 is 3.24. The highest BCUT2D eigenvalue weighted by Gasteiger charge is 2.11. The molecule has 1 aromatic carbocycles. The lowest BCUT2D eigenvalue weighted by molar-refractivity contribution is 1.16. The lowest BCUT2D eigenvalue weighted by Gasteiger charge is -2.05. The van der Waals surface area contributed by atoms with Gasteiger partial charge >= 0.3 is 0 Å². The number of halogens is 1. The first kappa shape index (κ1) is 11.5. The predicted octanol–water partition coefficient (Wildman–Crippen LogP) is 4.38. The van der Waals surface area contributed by atoms with Gasteiger partial charge in [-0.05, 0) is 41.4 Å². The van der Waals surface area contributed by atoms with Gasteiger partial charge in [-0.3, -0.25) is 4.40 Å². The van der Waals surface area contributed by atoms with E-state index >= 15 is 0 Å². The zero-order chi connectivity index (χ0) is 12.7. The molecule has 0 aliphatic carbocycles. The van der Waals surface area contributed by atoms with Gasteiger partial charge in [0.1, 0.15) is 5.65 Å². The Hall–Kier alpha value is -1.61. The predicted molar refractivity (Wildman–Crippen MR) is 77.8 cm³/mol. The van der Waals surface area contributed by atoms with Gasteiger partial charge in [0.05, 0.1) is 11.4 Å². The van der Waals surface area contributed by atoms with Crippen LogP contribution in [0.15, 0.2) is 47.1 Å². The molecule has 0 bridgehead atoms. The minimum absolute atomic E-state index is 0.993. The van der Waals surface area contributed by atoms with Crippen LogP contribution in [0.2, 0.25) is 0 Å². The molecule has 0 saturated heterocycles. The second-order valence-corrected chi connectivity index (χ2v) is 5.30. The Morgan fingerprint density at radius 3 is 2.56 bits per heavy atom. The largest absolute Gasteiger partial charge is 0.298 e. The quantitative estimate of drug-likeness (QED) is 0.652. The van der Waals surface area contributed by atoms with Crippen molar-refractivity contribution in [3.63, 3.8) is 0 Å². The second kappa shape index (κ2) is 4.25. The van der Waals surface area contributed by atoms with Crippen LogP contribution >= 0.6 is 15.9 Å². The van der Waals surface area contributed by atoms with Gasteiger partial charge in [0.2, 0.25) is 0 Å². The van der Waals surface area contributed by atoms with E-state index in [-0.39, 0.29) is 0 Å².